The minimum absolute atomic E-state index is 0.0589. The molecule has 5 nitrogen and oxygen atoms in total. The molecule has 2 rings (SSSR count). The summed E-state index contributed by atoms with van der Waals surface area (Å²) in [7, 11) is 1.55. The van der Waals surface area contributed by atoms with E-state index in [1.54, 1.807) is 37.4 Å². The van der Waals surface area contributed by atoms with Gasteiger partial charge < -0.3 is 4.74 Å². The SMILES string of the molecule is COc1ccc(C(=O)/C=C/c2ccc(Cl)c([N+](=O)[O-])c2)cc1. The molecule has 2 aromatic carbocycles. The average molecular weight is 318 g/mol. The van der Waals surface area contributed by atoms with E-state index in [9.17, 15) is 14.9 Å². The number of hydrogen-bond acceptors (Lipinski definition) is 4. The molecule has 0 atom stereocenters. The van der Waals surface area contributed by atoms with Crippen LogP contribution in [0.15, 0.2) is 48.5 Å². The molecule has 0 aromatic heterocycles. The van der Waals surface area contributed by atoms with Gasteiger partial charge in [0.15, 0.2) is 5.78 Å². The predicted molar refractivity (Wildman–Crippen MR) is 84.5 cm³/mol. The number of ketones is 1. The Labute approximate surface area is 131 Å². The number of rotatable bonds is 5. The Bertz CT molecular complexity index is 738. The molecule has 0 N–H and O–H groups in total. The van der Waals surface area contributed by atoms with Crippen LogP contribution in [0.3, 0.4) is 0 Å². The Morgan fingerprint density at radius 2 is 1.91 bits per heavy atom. The zero-order valence-corrected chi connectivity index (χ0v) is 12.4. The topological polar surface area (TPSA) is 69.4 Å². The molecule has 0 amide bonds. The first-order chi connectivity index (χ1) is 10.5. The first-order valence-corrected chi connectivity index (χ1v) is 6.69. The Morgan fingerprint density at radius 3 is 2.50 bits per heavy atom. The van der Waals surface area contributed by atoms with Crippen molar-refractivity contribution in [3.63, 3.8) is 0 Å². The Kier molecular flexibility index (Phi) is 4.91. The number of nitrogens with zero attached hydrogens (tertiary/aromatic N) is 1. The van der Waals surface area contributed by atoms with Gasteiger partial charge in [0.1, 0.15) is 10.8 Å². The summed E-state index contributed by atoms with van der Waals surface area (Å²) in [5, 5.41) is 10.9. The molecule has 0 aliphatic rings. The van der Waals surface area contributed by atoms with Crippen molar-refractivity contribution in [2.75, 3.05) is 7.11 Å². The number of benzene rings is 2. The first kappa shape index (κ1) is 15.7. The summed E-state index contributed by atoms with van der Waals surface area (Å²) in [6.07, 6.45) is 2.87. The van der Waals surface area contributed by atoms with Crippen LogP contribution < -0.4 is 4.74 Å². The number of ether oxygens (including phenoxy) is 1. The van der Waals surface area contributed by atoms with E-state index in [1.165, 1.54) is 24.3 Å². The van der Waals surface area contributed by atoms with Gasteiger partial charge in [-0.05, 0) is 42.0 Å². The van der Waals surface area contributed by atoms with E-state index < -0.39 is 4.92 Å². The van der Waals surface area contributed by atoms with Crippen molar-refractivity contribution in [3.05, 3.63) is 74.8 Å². The number of carbonyl (C=O) groups is 1. The van der Waals surface area contributed by atoms with E-state index in [-0.39, 0.29) is 16.5 Å². The maximum atomic E-state index is 12.0. The van der Waals surface area contributed by atoms with E-state index in [2.05, 4.69) is 0 Å². The fourth-order valence-electron chi connectivity index (χ4n) is 1.80. The van der Waals surface area contributed by atoms with Crippen molar-refractivity contribution in [1.29, 1.82) is 0 Å². The number of hydrogen-bond donors (Lipinski definition) is 0. The molecule has 0 saturated heterocycles. The van der Waals surface area contributed by atoms with E-state index in [0.29, 0.717) is 16.9 Å². The highest BCUT2D eigenvalue weighted by Gasteiger charge is 2.11. The second kappa shape index (κ2) is 6.87. The minimum Gasteiger partial charge on any atom is -0.497 e. The zero-order chi connectivity index (χ0) is 16.1. The molecular formula is C16H12ClNO4. The summed E-state index contributed by atoms with van der Waals surface area (Å²) in [5.74, 6) is 0.453. The van der Waals surface area contributed by atoms with Crippen LogP contribution in [0, 0.1) is 10.1 Å². The molecule has 0 fully saturated rings. The molecular weight excluding hydrogens is 306 g/mol. The van der Waals surface area contributed by atoms with Crippen LogP contribution >= 0.6 is 11.6 Å². The largest absolute Gasteiger partial charge is 0.497 e. The summed E-state index contributed by atoms with van der Waals surface area (Å²) in [5.41, 5.74) is 0.833. The summed E-state index contributed by atoms with van der Waals surface area (Å²) < 4.78 is 5.02. The van der Waals surface area contributed by atoms with Gasteiger partial charge in [0.05, 0.1) is 12.0 Å². The molecule has 0 aliphatic heterocycles. The van der Waals surface area contributed by atoms with Crippen LogP contribution in [-0.2, 0) is 0 Å². The van der Waals surface area contributed by atoms with Crippen LogP contribution in [0.4, 0.5) is 5.69 Å². The van der Waals surface area contributed by atoms with E-state index in [1.807, 2.05) is 0 Å². The van der Waals surface area contributed by atoms with Gasteiger partial charge in [-0.1, -0.05) is 23.7 Å². The van der Waals surface area contributed by atoms with Gasteiger partial charge in [-0.15, -0.1) is 0 Å². The van der Waals surface area contributed by atoms with Gasteiger partial charge in [-0.2, -0.15) is 0 Å². The second-order valence-corrected chi connectivity index (χ2v) is 4.80. The molecule has 22 heavy (non-hydrogen) atoms. The van der Waals surface area contributed by atoms with Crippen LogP contribution in [0.2, 0.25) is 5.02 Å². The third-order valence-corrected chi connectivity index (χ3v) is 3.29. The van der Waals surface area contributed by atoms with Gasteiger partial charge in [-0.3, -0.25) is 14.9 Å². The molecule has 0 bridgehead atoms. The molecule has 0 heterocycles. The predicted octanol–water partition coefficient (Wildman–Crippen LogP) is 4.15. The van der Waals surface area contributed by atoms with Crippen molar-refractivity contribution in [2.45, 2.75) is 0 Å². The van der Waals surface area contributed by atoms with Crippen molar-refractivity contribution in [2.24, 2.45) is 0 Å². The fourth-order valence-corrected chi connectivity index (χ4v) is 1.98. The molecule has 0 radical (unpaired) electrons. The summed E-state index contributed by atoms with van der Waals surface area (Å²) in [6.45, 7) is 0. The number of carbonyl (C=O) groups excluding carboxylic acids is 1. The summed E-state index contributed by atoms with van der Waals surface area (Å²) in [4.78, 5) is 22.3. The van der Waals surface area contributed by atoms with Gasteiger partial charge in [0, 0.05) is 11.6 Å². The van der Waals surface area contributed by atoms with Crippen molar-refractivity contribution >= 4 is 29.1 Å². The van der Waals surface area contributed by atoms with E-state index in [0.717, 1.165) is 0 Å². The maximum absolute atomic E-state index is 12.0. The third-order valence-electron chi connectivity index (χ3n) is 2.97. The minimum atomic E-state index is -0.565. The lowest BCUT2D eigenvalue weighted by molar-refractivity contribution is -0.384. The lowest BCUT2D eigenvalue weighted by Crippen LogP contribution is -1.94. The quantitative estimate of drug-likeness (QED) is 0.359. The number of nitro benzene ring substituents is 1. The smallest absolute Gasteiger partial charge is 0.288 e. The summed E-state index contributed by atoms with van der Waals surface area (Å²) >= 11 is 5.73. The Balaban J connectivity index is 2.18. The lowest BCUT2D eigenvalue weighted by atomic mass is 10.1. The first-order valence-electron chi connectivity index (χ1n) is 6.31. The Hall–Kier alpha value is -2.66. The van der Waals surface area contributed by atoms with Crippen molar-refractivity contribution < 1.29 is 14.5 Å². The zero-order valence-electron chi connectivity index (χ0n) is 11.7. The van der Waals surface area contributed by atoms with E-state index in [4.69, 9.17) is 16.3 Å². The highest BCUT2D eigenvalue weighted by atomic mass is 35.5. The fraction of sp³-hybridized carbons (Fsp3) is 0.0625. The monoisotopic (exact) mass is 317 g/mol. The molecule has 0 unspecified atom stereocenters. The number of nitro groups is 1. The van der Waals surface area contributed by atoms with Gasteiger partial charge in [-0.25, -0.2) is 0 Å². The van der Waals surface area contributed by atoms with Gasteiger partial charge in [0.25, 0.3) is 5.69 Å². The highest BCUT2D eigenvalue weighted by molar-refractivity contribution is 6.32. The Morgan fingerprint density at radius 1 is 1.23 bits per heavy atom. The standard InChI is InChI=1S/C16H12ClNO4/c1-22-13-6-4-12(5-7-13)16(19)9-3-11-2-8-14(17)15(10-11)18(20)21/h2-10H,1H3/b9-3+. The molecule has 0 saturated carbocycles. The lowest BCUT2D eigenvalue weighted by Gasteiger charge is -2.00. The van der Waals surface area contributed by atoms with Crippen LogP contribution in [-0.4, -0.2) is 17.8 Å². The van der Waals surface area contributed by atoms with Gasteiger partial charge in [0.2, 0.25) is 0 Å². The maximum Gasteiger partial charge on any atom is 0.288 e. The second-order valence-electron chi connectivity index (χ2n) is 4.39. The molecule has 0 spiro atoms. The number of halogens is 1. The average Bonchev–Trinajstić information content (AvgIpc) is 2.53. The van der Waals surface area contributed by atoms with Crippen LogP contribution in [0.1, 0.15) is 15.9 Å². The van der Waals surface area contributed by atoms with Crippen LogP contribution in [0.25, 0.3) is 6.08 Å². The molecule has 0 aliphatic carbocycles. The number of allylic oxidation sites excluding steroid dienone is 1. The van der Waals surface area contributed by atoms with Crippen molar-refractivity contribution in [3.8, 4) is 5.75 Å². The van der Waals surface area contributed by atoms with Crippen LogP contribution in [0.5, 0.6) is 5.75 Å². The normalized spacial score (nSPS) is 10.6. The van der Waals surface area contributed by atoms with Crippen molar-refractivity contribution in [1.82, 2.24) is 0 Å². The molecule has 112 valence electrons. The van der Waals surface area contributed by atoms with E-state index >= 15 is 0 Å². The third kappa shape index (κ3) is 3.71. The summed E-state index contributed by atoms with van der Waals surface area (Å²) in [6, 6.07) is 11.0. The molecule has 6 heteroatoms. The number of methoxy groups -OCH3 is 1. The highest BCUT2D eigenvalue weighted by Crippen LogP contribution is 2.25. The van der Waals surface area contributed by atoms with Gasteiger partial charge >= 0.3 is 0 Å². The molecule has 2 aromatic rings.